The molecule has 2 aromatic heterocycles. The van der Waals surface area contributed by atoms with E-state index in [-0.39, 0.29) is 11.8 Å². The predicted molar refractivity (Wildman–Crippen MR) is 124 cm³/mol. The number of pyridine rings is 1. The predicted octanol–water partition coefficient (Wildman–Crippen LogP) is 4.34. The Morgan fingerprint density at radius 3 is 2.66 bits per heavy atom. The summed E-state index contributed by atoms with van der Waals surface area (Å²) in [6, 6.07) is 19.2. The number of carbonyl (C=O) groups is 2. The van der Waals surface area contributed by atoms with E-state index < -0.39 is 0 Å². The first kappa shape index (κ1) is 20.3. The van der Waals surface area contributed by atoms with Crippen LogP contribution in [-0.4, -0.2) is 43.5 Å². The molecule has 1 fully saturated rings. The van der Waals surface area contributed by atoms with Crippen LogP contribution in [-0.2, 0) is 13.0 Å². The molecule has 8 heteroatoms. The van der Waals surface area contributed by atoms with E-state index in [1.165, 1.54) is 11.7 Å². The minimum absolute atomic E-state index is 0.0474. The molecule has 0 bridgehead atoms. The van der Waals surface area contributed by atoms with Gasteiger partial charge in [0.1, 0.15) is 16.9 Å². The van der Waals surface area contributed by atoms with Crippen LogP contribution in [0.2, 0.25) is 0 Å². The first-order valence-electron chi connectivity index (χ1n) is 10.5. The molecule has 1 aliphatic heterocycles. The lowest BCUT2D eigenvalue weighted by atomic mass is 10.0. The van der Waals surface area contributed by atoms with Gasteiger partial charge in [-0.1, -0.05) is 36.4 Å². The summed E-state index contributed by atoms with van der Waals surface area (Å²) in [6.45, 7) is 1.63. The van der Waals surface area contributed by atoms with E-state index in [9.17, 15) is 9.59 Å². The molecule has 4 aromatic rings. The van der Waals surface area contributed by atoms with Crippen LogP contribution in [0.4, 0.5) is 10.6 Å². The third kappa shape index (κ3) is 4.22. The Morgan fingerprint density at radius 1 is 0.938 bits per heavy atom. The number of hydrogen-bond donors (Lipinski definition) is 0. The molecular weight excluding hydrogens is 422 g/mol. The molecule has 0 atom stereocenters. The van der Waals surface area contributed by atoms with Gasteiger partial charge in [0.2, 0.25) is 0 Å². The van der Waals surface area contributed by atoms with E-state index in [2.05, 4.69) is 13.7 Å². The Hall–Kier alpha value is -3.65. The van der Waals surface area contributed by atoms with Gasteiger partial charge in [-0.15, -0.1) is 0 Å². The number of aryl methyl sites for hydroxylation is 1. The first-order chi connectivity index (χ1) is 15.7. The van der Waals surface area contributed by atoms with Crippen LogP contribution in [0.15, 0.2) is 66.9 Å². The van der Waals surface area contributed by atoms with Gasteiger partial charge in [0.05, 0.1) is 11.7 Å². The molecule has 0 saturated carbocycles. The van der Waals surface area contributed by atoms with Gasteiger partial charge in [0.15, 0.2) is 5.78 Å². The molecule has 5 rings (SSSR count). The summed E-state index contributed by atoms with van der Waals surface area (Å²) in [7, 11) is 0. The maximum Gasteiger partial charge on any atom is 0.326 e. The smallest absolute Gasteiger partial charge is 0.318 e. The second kappa shape index (κ2) is 8.84. The van der Waals surface area contributed by atoms with Crippen molar-refractivity contribution in [2.45, 2.75) is 19.4 Å². The summed E-state index contributed by atoms with van der Waals surface area (Å²) in [5, 5.41) is 0. The fourth-order valence-electron chi connectivity index (χ4n) is 3.87. The van der Waals surface area contributed by atoms with Crippen LogP contribution in [0.25, 0.3) is 11.0 Å². The fourth-order valence-corrected chi connectivity index (χ4v) is 4.39. The number of benzene rings is 2. The van der Waals surface area contributed by atoms with Crippen molar-refractivity contribution in [2.24, 2.45) is 0 Å². The maximum atomic E-state index is 13.0. The van der Waals surface area contributed by atoms with Crippen LogP contribution in [0.3, 0.4) is 0 Å². The second-order valence-electron chi connectivity index (χ2n) is 7.75. The first-order valence-corrected chi connectivity index (χ1v) is 11.2. The molecular formula is C24H21N5O2S. The van der Waals surface area contributed by atoms with Crippen molar-refractivity contribution in [3.05, 3.63) is 83.6 Å². The van der Waals surface area contributed by atoms with E-state index in [1.54, 1.807) is 28.1 Å². The van der Waals surface area contributed by atoms with Crippen LogP contribution in [0.5, 0.6) is 0 Å². The summed E-state index contributed by atoms with van der Waals surface area (Å²) in [5.41, 5.74) is 4.44. The Kier molecular flexibility index (Phi) is 5.60. The summed E-state index contributed by atoms with van der Waals surface area (Å²) in [4.78, 5) is 33.5. The maximum absolute atomic E-state index is 13.0. The lowest BCUT2D eigenvalue weighted by Crippen LogP contribution is -2.32. The Balaban J connectivity index is 1.25. The minimum Gasteiger partial charge on any atom is -0.318 e. The third-order valence-corrected chi connectivity index (χ3v) is 6.17. The van der Waals surface area contributed by atoms with Crippen molar-refractivity contribution >= 4 is 40.4 Å². The van der Waals surface area contributed by atoms with E-state index >= 15 is 0 Å². The van der Waals surface area contributed by atoms with Crippen LogP contribution >= 0.6 is 11.7 Å². The van der Waals surface area contributed by atoms with Gasteiger partial charge in [0, 0.05) is 37.8 Å². The van der Waals surface area contributed by atoms with Crippen molar-refractivity contribution in [3.8, 4) is 0 Å². The van der Waals surface area contributed by atoms with Gasteiger partial charge in [-0.25, -0.2) is 9.78 Å². The number of urea groups is 1. The van der Waals surface area contributed by atoms with Gasteiger partial charge in [0.25, 0.3) is 0 Å². The summed E-state index contributed by atoms with van der Waals surface area (Å²) in [6.07, 6.45) is 2.71. The molecule has 1 saturated heterocycles. The topological polar surface area (TPSA) is 79.3 Å². The Labute approximate surface area is 189 Å². The van der Waals surface area contributed by atoms with Crippen molar-refractivity contribution < 1.29 is 9.59 Å². The van der Waals surface area contributed by atoms with Gasteiger partial charge in [-0.05, 0) is 41.8 Å². The number of nitrogens with zero attached hydrogens (tertiary/aromatic N) is 5. The number of Topliss-reactive ketones (excluding diaryl/α,β-unsaturated/α-hetero) is 1. The highest BCUT2D eigenvalue weighted by atomic mass is 32.1. The zero-order valence-corrected chi connectivity index (χ0v) is 18.2. The van der Waals surface area contributed by atoms with Gasteiger partial charge in [-0.3, -0.25) is 9.69 Å². The highest BCUT2D eigenvalue weighted by molar-refractivity contribution is 7.00. The molecule has 0 aliphatic carbocycles. The Morgan fingerprint density at radius 2 is 1.78 bits per heavy atom. The van der Waals surface area contributed by atoms with E-state index in [1.807, 2.05) is 48.5 Å². The third-order valence-electron chi connectivity index (χ3n) is 5.61. The molecule has 0 N–H and O–H groups in total. The molecule has 0 radical (unpaired) electrons. The van der Waals surface area contributed by atoms with Crippen molar-refractivity contribution in [3.63, 3.8) is 0 Å². The SMILES string of the molecule is O=C(CCc1ccccc1)c1ccnc(N2CCN(Cc3ccc4nsnc4c3)C2=O)c1. The number of rotatable bonds is 7. The Bertz CT molecular complexity index is 1270. The normalized spacial score (nSPS) is 13.8. The highest BCUT2D eigenvalue weighted by Crippen LogP contribution is 2.22. The number of amides is 2. The minimum atomic E-state index is -0.108. The highest BCUT2D eigenvalue weighted by Gasteiger charge is 2.30. The summed E-state index contributed by atoms with van der Waals surface area (Å²) >= 11 is 1.18. The molecule has 2 amide bonds. The quantitative estimate of drug-likeness (QED) is 0.397. The van der Waals surface area contributed by atoms with E-state index in [4.69, 9.17) is 0 Å². The lowest BCUT2D eigenvalue weighted by molar-refractivity contribution is 0.0982. The standard InChI is InChI=1S/C24H21N5O2S/c30-22(9-7-17-4-2-1-3-5-17)19-10-11-25-23(15-19)29-13-12-28(24(29)31)16-18-6-8-20-21(14-18)27-32-26-20/h1-6,8,10-11,14-15H,7,9,12-13,16H2. The lowest BCUT2D eigenvalue weighted by Gasteiger charge is -2.18. The number of fused-ring (bicyclic) bond motifs is 1. The molecule has 0 unspecified atom stereocenters. The fraction of sp³-hybridized carbons (Fsp3) is 0.208. The van der Waals surface area contributed by atoms with Gasteiger partial charge < -0.3 is 4.90 Å². The average Bonchev–Trinajstić information content (AvgIpc) is 3.44. The van der Waals surface area contributed by atoms with Crippen LogP contribution in [0.1, 0.15) is 27.9 Å². The molecule has 3 heterocycles. The number of aromatic nitrogens is 3. The second-order valence-corrected chi connectivity index (χ2v) is 8.28. The van der Waals surface area contributed by atoms with Crippen molar-refractivity contribution in [1.29, 1.82) is 0 Å². The van der Waals surface area contributed by atoms with Gasteiger partial charge in [-0.2, -0.15) is 8.75 Å². The monoisotopic (exact) mass is 443 g/mol. The molecule has 1 aliphatic rings. The van der Waals surface area contributed by atoms with Crippen LogP contribution in [0, 0.1) is 0 Å². The van der Waals surface area contributed by atoms with E-state index in [0.717, 1.165) is 22.2 Å². The molecule has 0 spiro atoms. The molecule has 32 heavy (non-hydrogen) atoms. The van der Waals surface area contributed by atoms with Crippen molar-refractivity contribution in [1.82, 2.24) is 18.6 Å². The van der Waals surface area contributed by atoms with Gasteiger partial charge >= 0.3 is 6.03 Å². The molecule has 7 nitrogen and oxygen atoms in total. The zero-order valence-electron chi connectivity index (χ0n) is 17.3. The zero-order chi connectivity index (χ0) is 21.9. The summed E-state index contributed by atoms with van der Waals surface area (Å²) < 4.78 is 8.49. The average molecular weight is 444 g/mol. The molecule has 160 valence electrons. The number of hydrogen-bond acceptors (Lipinski definition) is 6. The number of carbonyl (C=O) groups excluding carboxylic acids is 2. The van der Waals surface area contributed by atoms with E-state index in [0.29, 0.717) is 43.9 Å². The molecule has 2 aromatic carbocycles. The van der Waals surface area contributed by atoms with Crippen LogP contribution < -0.4 is 4.90 Å². The largest absolute Gasteiger partial charge is 0.326 e. The summed E-state index contributed by atoms with van der Waals surface area (Å²) in [5.74, 6) is 0.563. The number of ketones is 1. The van der Waals surface area contributed by atoms with Crippen molar-refractivity contribution in [2.75, 3.05) is 18.0 Å². The number of anilines is 1.